The summed E-state index contributed by atoms with van der Waals surface area (Å²) in [5.41, 5.74) is 7.63. The third-order valence-electron chi connectivity index (χ3n) is 4.02. The lowest BCUT2D eigenvalue weighted by Gasteiger charge is -2.07. The van der Waals surface area contributed by atoms with Gasteiger partial charge in [-0.05, 0) is 30.2 Å². The summed E-state index contributed by atoms with van der Waals surface area (Å²) in [4.78, 5) is 49.9. The molecule has 0 saturated carbocycles. The summed E-state index contributed by atoms with van der Waals surface area (Å²) in [6, 6.07) is 6.68. The van der Waals surface area contributed by atoms with Crippen molar-refractivity contribution >= 4 is 29.3 Å². The van der Waals surface area contributed by atoms with Crippen molar-refractivity contribution in [2.24, 2.45) is 5.73 Å². The largest absolute Gasteiger partial charge is 0.465 e. The fourth-order valence-electron chi connectivity index (χ4n) is 2.79. The first-order chi connectivity index (χ1) is 12.7. The molecule has 2 rings (SSSR count). The highest BCUT2D eigenvalue weighted by atomic mass is 16.5. The van der Waals surface area contributed by atoms with Gasteiger partial charge in [-0.15, -0.1) is 0 Å². The molecule has 0 unspecified atom stereocenters. The van der Waals surface area contributed by atoms with Crippen LogP contribution in [0.25, 0.3) is 0 Å². The van der Waals surface area contributed by atoms with Crippen LogP contribution in [0.1, 0.15) is 44.6 Å². The van der Waals surface area contributed by atoms with Crippen LogP contribution in [-0.4, -0.2) is 35.7 Å². The monoisotopic (exact) mass is 371 g/mol. The zero-order valence-corrected chi connectivity index (χ0v) is 15.3. The normalized spacial score (nSPS) is 10.3. The number of ether oxygens (including phenoxy) is 1. The molecule has 0 saturated heterocycles. The smallest absolute Gasteiger partial charge is 0.339 e. The number of amides is 2. The van der Waals surface area contributed by atoms with E-state index in [-0.39, 0.29) is 35.8 Å². The highest BCUT2D eigenvalue weighted by Crippen LogP contribution is 2.21. The molecule has 0 aliphatic carbocycles. The van der Waals surface area contributed by atoms with E-state index in [0.717, 1.165) is 5.56 Å². The Balaban J connectivity index is 2.17. The molecule has 0 aliphatic heterocycles. The predicted octanol–water partition coefficient (Wildman–Crippen LogP) is 1.52. The molecule has 8 heteroatoms. The van der Waals surface area contributed by atoms with Gasteiger partial charge in [-0.2, -0.15) is 0 Å². The molecule has 1 heterocycles. The number of esters is 1. The van der Waals surface area contributed by atoms with Crippen molar-refractivity contribution in [3.63, 3.8) is 0 Å². The maximum atomic E-state index is 12.4. The molecule has 4 N–H and O–H groups in total. The van der Waals surface area contributed by atoms with Crippen molar-refractivity contribution in [1.29, 1.82) is 0 Å². The number of H-pyrrole nitrogens is 1. The maximum Gasteiger partial charge on any atom is 0.339 e. The van der Waals surface area contributed by atoms with Crippen molar-refractivity contribution in [2.45, 2.75) is 26.7 Å². The number of methoxy groups -OCH3 is 1. The van der Waals surface area contributed by atoms with Gasteiger partial charge in [0.2, 0.25) is 11.8 Å². The van der Waals surface area contributed by atoms with Gasteiger partial charge >= 0.3 is 5.97 Å². The van der Waals surface area contributed by atoms with Gasteiger partial charge in [-0.3, -0.25) is 14.4 Å². The van der Waals surface area contributed by atoms with E-state index in [1.54, 1.807) is 31.2 Å². The van der Waals surface area contributed by atoms with Crippen LogP contribution in [0.15, 0.2) is 24.3 Å². The van der Waals surface area contributed by atoms with Crippen LogP contribution in [0.4, 0.5) is 5.69 Å². The summed E-state index contributed by atoms with van der Waals surface area (Å²) >= 11 is 0. The summed E-state index contributed by atoms with van der Waals surface area (Å²) < 4.78 is 4.76. The molecule has 0 bridgehead atoms. The number of hydrogen-bond donors (Lipinski definition) is 3. The number of ketones is 1. The summed E-state index contributed by atoms with van der Waals surface area (Å²) in [5.74, 6) is -1.67. The van der Waals surface area contributed by atoms with Crippen LogP contribution in [0.3, 0.4) is 0 Å². The molecule has 27 heavy (non-hydrogen) atoms. The van der Waals surface area contributed by atoms with Crippen molar-refractivity contribution in [2.75, 3.05) is 12.4 Å². The van der Waals surface area contributed by atoms with Gasteiger partial charge in [-0.25, -0.2) is 4.79 Å². The highest BCUT2D eigenvalue weighted by Gasteiger charge is 2.24. The minimum atomic E-state index is -0.616. The minimum Gasteiger partial charge on any atom is -0.465 e. The zero-order chi connectivity index (χ0) is 20.1. The number of benzene rings is 1. The van der Waals surface area contributed by atoms with Crippen LogP contribution >= 0.6 is 0 Å². The number of primary amides is 1. The minimum absolute atomic E-state index is 0.117. The maximum absolute atomic E-state index is 12.4. The SMILES string of the molecule is COC(=O)c1c(CC(=O)Nc2ccc(CC(N)=O)cc2)[nH]c(C(C)=O)c1C. The van der Waals surface area contributed by atoms with Crippen molar-refractivity contribution < 1.29 is 23.9 Å². The molecule has 8 nitrogen and oxygen atoms in total. The molecule has 2 aromatic rings. The topological polar surface area (TPSA) is 131 Å². The number of carbonyl (C=O) groups excluding carboxylic acids is 4. The Labute approximate surface area is 156 Å². The third-order valence-corrected chi connectivity index (χ3v) is 4.02. The molecule has 1 aromatic carbocycles. The van der Waals surface area contributed by atoms with E-state index in [9.17, 15) is 19.2 Å². The van der Waals surface area contributed by atoms with E-state index in [1.807, 2.05) is 0 Å². The van der Waals surface area contributed by atoms with E-state index >= 15 is 0 Å². The summed E-state index contributed by atoms with van der Waals surface area (Å²) in [6.07, 6.45) is -0.0200. The highest BCUT2D eigenvalue weighted by molar-refractivity contribution is 6.02. The first kappa shape index (κ1) is 19.9. The fraction of sp³-hybridized carbons (Fsp3) is 0.263. The molecular formula is C19H21N3O5. The Kier molecular flexibility index (Phi) is 6.12. The van der Waals surface area contributed by atoms with Crippen LogP contribution in [0.5, 0.6) is 0 Å². The molecule has 0 radical (unpaired) electrons. The van der Waals surface area contributed by atoms with E-state index in [1.165, 1.54) is 14.0 Å². The Morgan fingerprint density at radius 2 is 1.74 bits per heavy atom. The van der Waals surface area contributed by atoms with Gasteiger partial charge < -0.3 is 20.8 Å². The molecule has 0 fully saturated rings. The molecule has 0 atom stereocenters. The van der Waals surface area contributed by atoms with Crippen molar-refractivity contribution in [3.05, 3.63) is 52.3 Å². The Bertz CT molecular complexity index is 897. The first-order valence-electron chi connectivity index (χ1n) is 8.20. The van der Waals surface area contributed by atoms with Gasteiger partial charge in [0.15, 0.2) is 5.78 Å². The van der Waals surface area contributed by atoms with Gasteiger partial charge in [0.1, 0.15) is 0 Å². The fourth-order valence-corrected chi connectivity index (χ4v) is 2.79. The number of aromatic nitrogens is 1. The number of nitrogens with one attached hydrogen (secondary N) is 2. The van der Waals surface area contributed by atoms with E-state index in [0.29, 0.717) is 16.9 Å². The summed E-state index contributed by atoms with van der Waals surface area (Å²) in [7, 11) is 1.24. The molecule has 2 amide bonds. The number of carbonyl (C=O) groups is 4. The quantitative estimate of drug-likeness (QED) is 0.501. The average molecular weight is 371 g/mol. The number of hydrogen-bond acceptors (Lipinski definition) is 5. The molecule has 1 aromatic heterocycles. The molecular weight excluding hydrogens is 350 g/mol. The predicted molar refractivity (Wildman–Crippen MR) is 98.5 cm³/mol. The van der Waals surface area contributed by atoms with Gasteiger partial charge in [-0.1, -0.05) is 12.1 Å². The number of anilines is 1. The Morgan fingerprint density at radius 1 is 1.11 bits per heavy atom. The summed E-state index contributed by atoms with van der Waals surface area (Å²) in [6.45, 7) is 3.00. The van der Waals surface area contributed by atoms with Crippen molar-refractivity contribution in [3.8, 4) is 0 Å². The Morgan fingerprint density at radius 3 is 2.26 bits per heavy atom. The third kappa shape index (κ3) is 4.81. The number of Topliss-reactive ketones (excluding diaryl/α,β-unsaturated/α-hetero) is 1. The molecule has 0 spiro atoms. The Hall–Kier alpha value is -3.42. The second-order valence-corrected chi connectivity index (χ2v) is 6.09. The molecule has 142 valence electrons. The van der Waals surface area contributed by atoms with Gasteiger partial charge in [0, 0.05) is 18.3 Å². The van der Waals surface area contributed by atoms with E-state index in [4.69, 9.17) is 10.5 Å². The number of aromatic amines is 1. The number of nitrogens with two attached hydrogens (primary N) is 1. The zero-order valence-electron chi connectivity index (χ0n) is 15.3. The van der Waals surface area contributed by atoms with Crippen LogP contribution in [-0.2, 0) is 27.2 Å². The second kappa shape index (κ2) is 8.31. The lowest BCUT2D eigenvalue weighted by atomic mass is 10.1. The number of rotatable bonds is 7. The van der Waals surface area contributed by atoms with Crippen LogP contribution < -0.4 is 11.1 Å². The van der Waals surface area contributed by atoms with E-state index in [2.05, 4.69) is 10.3 Å². The second-order valence-electron chi connectivity index (χ2n) is 6.09. The van der Waals surface area contributed by atoms with Crippen LogP contribution in [0, 0.1) is 6.92 Å². The average Bonchev–Trinajstić information content (AvgIpc) is 2.91. The van der Waals surface area contributed by atoms with Gasteiger partial charge in [0.25, 0.3) is 0 Å². The molecule has 0 aliphatic rings. The lowest BCUT2D eigenvalue weighted by molar-refractivity contribution is -0.117. The van der Waals surface area contributed by atoms with Gasteiger partial charge in [0.05, 0.1) is 31.2 Å². The summed E-state index contributed by atoms with van der Waals surface area (Å²) in [5, 5.41) is 2.70. The van der Waals surface area contributed by atoms with E-state index < -0.39 is 11.9 Å². The van der Waals surface area contributed by atoms with Crippen LogP contribution in [0.2, 0.25) is 0 Å². The standard InChI is InChI=1S/C19H21N3O5/c1-10-17(19(26)27-3)14(22-18(10)11(2)23)9-16(25)21-13-6-4-12(5-7-13)8-15(20)24/h4-7,22H,8-9H2,1-3H3,(H2,20,24)(H,21,25). The lowest BCUT2D eigenvalue weighted by Crippen LogP contribution is -2.17. The first-order valence-corrected chi connectivity index (χ1v) is 8.20. The van der Waals surface area contributed by atoms with Crippen molar-refractivity contribution in [1.82, 2.24) is 4.98 Å².